The lowest BCUT2D eigenvalue weighted by molar-refractivity contribution is -0.122. The second kappa shape index (κ2) is 4.93. The van der Waals surface area contributed by atoms with Crippen LogP contribution in [0, 0.1) is 6.92 Å². The molecule has 0 aliphatic carbocycles. The van der Waals surface area contributed by atoms with Crippen molar-refractivity contribution in [3.8, 4) is 0 Å². The van der Waals surface area contributed by atoms with Crippen molar-refractivity contribution in [1.82, 2.24) is 15.1 Å². The first kappa shape index (κ1) is 11.7. The predicted molar refractivity (Wildman–Crippen MR) is 58.1 cm³/mol. The first-order valence-electron chi connectivity index (χ1n) is 5.07. The van der Waals surface area contributed by atoms with E-state index in [1.807, 2.05) is 27.1 Å². The van der Waals surface area contributed by atoms with Crippen molar-refractivity contribution < 1.29 is 4.79 Å². The monoisotopic (exact) mass is 210 g/mol. The number of aromatic nitrogens is 2. The molecule has 5 nitrogen and oxygen atoms in total. The molecule has 1 aromatic rings. The highest BCUT2D eigenvalue weighted by atomic mass is 16.2. The van der Waals surface area contributed by atoms with Crippen LogP contribution >= 0.6 is 0 Å². The van der Waals surface area contributed by atoms with Gasteiger partial charge in [0.1, 0.15) is 0 Å². The minimum Gasteiger partial charge on any atom is -0.351 e. The highest BCUT2D eigenvalue weighted by Crippen LogP contribution is 2.03. The Kier molecular flexibility index (Phi) is 3.85. The smallest absolute Gasteiger partial charge is 0.237 e. The molecule has 1 heterocycles. The average molecular weight is 210 g/mol. The number of nitrogens with two attached hydrogens (primary N) is 1. The van der Waals surface area contributed by atoms with Gasteiger partial charge in [-0.05, 0) is 13.3 Å². The molecule has 1 aromatic heterocycles. The zero-order valence-corrected chi connectivity index (χ0v) is 9.45. The number of hydrogen-bond acceptors (Lipinski definition) is 3. The molecule has 0 aliphatic heterocycles. The molecule has 0 spiro atoms. The largest absolute Gasteiger partial charge is 0.351 e. The topological polar surface area (TPSA) is 72.9 Å². The van der Waals surface area contributed by atoms with Crippen LogP contribution in [0.15, 0.2) is 6.20 Å². The molecule has 5 heteroatoms. The van der Waals surface area contributed by atoms with Gasteiger partial charge in [-0.1, -0.05) is 6.92 Å². The van der Waals surface area contributed by atoms with Gasteiger partial charge < -0.3 is 11.1 Å². The van der Waals surface area contributed by atoms with Gasteiger partial charge in [0.15, 0.2) is 0 Å². The minimum absolute atomic E-state index is 0.110. The van der Waals surface area contributed by atoms with E-state index < -0.39 is 6.04 Å². The molecule has 0 bridgehead atoms. The Bertz CT molecular complexity index is 345. The number of carbonyl (C=O) groups excluding carboxylic acids is 1. The highest BCUT2D eigenvalue weighted by Gasteiger charge is 2.11. The Morgan fingerprint density at radius 3 is 2.87 bits per heavy atom. The Morgan fingerprint density at radius 2 is 2.40 bits per heavy atom. The molecule has 1 atom stereocenters. The van der Waals surface area contributed by atoms with E-state index in [4.69, 9.17) is 5.73 Å². The van der Waals surface area contributed by atoms with Gasteiger partial charge in [0.2, 0.25) is 5.91 Å². The number of amides is 1. The van der Waals surface area contributed by atoms with Gasteiger partial charge in [-0.2, -0.15) is 5.10 Å². The Labute approximate surface area is 89.6 Å². The van der Waals surface area contributed by atoms with Crippen molar-refractivity contribution in [3.05, 3.63) is 17.5 Å². The maximum absolute atomic E-state index is 11.4. The van der Waals surface area contributed by atoms with E-state index in [0.29, 0.717) is 13.0 Å². The third-order valence-electron chi connectivity index (χ3n) is 2.34. The molecule has 15 heavy (non-hydrogen) atoms. The third kappa shape index (κ3) is 3.06. The summed E-state index contributed by atoms with van der Waals surface area (Å²) in [4.78, 5) is 11.4. The van der Waals surface area contributed by atoms with E-state index in [-0.39, 0.29) is 5.91 Å². The summed E-state index contributed by atoms with van der Waals surface area (Å²) in [5.74, 6) is -0.110. The van der Waals surface area contributed by atoms with Gasteiger partial charge in [-0.3, -0.25) is 9.48 Å². The maximum atomic E-state index is 11.4. The first-order chi connectivity index (χ1) is 7.04. The average Bonchev–Trinajstić information content (AvgIpc) is 2.52. The van der Waals surface area contributed by atoms with Crippen LogP contribution < -0.4 is 11.1 Å². The van der Waals surface area contributed by atoms with Crippen molar-refractivity contribution in [2.24, 2.45) is 12.8 Å². The van der Waals surface area contributed by atoms with Crippen molar-refractivity contribution in [2.45, 2.75) is 32.9 Å². The number of rotatable bonds is 4. The summed E-state index contributed by atoms with van der Waals surface area (Å²) in [6, 6.07) is -0.415. The van der Waals surface area contributed by atoms with Crippen molar-refractivity contribution in [3.63, 3.8) is 0 Å². The Balaban J connectivity index is 2.50. The Hall–Kier alpha value is -1.36. The molecule has 0 aliphatic rings. The van der Waals surface area contributed by atoms with E-state index in [1.54, 1.807) is 4.68 Å². The number of hydrogen-bond donors (Lipinski definition) is 2. The molecule has 0 fully saturated rings. The zero-order valence-electron chi connectivity index (χ0n) is 9.45. The summed E-state index contributed by atoms with van der Waals surface area (Å²) in [7, 11) is 1.86. The lowest BCUT2D eigenvalue weighted by atomic mass is 10.2. The number of aryl methyl sites for hydroxylation is 2. The lowest BCUT2D eigenvalue weighted by Crippen LogP contribution is -2.39. The van der Waals surface area contributed by atoms with Crippen molar-refractivity contribution in [1.29, 1.82) is 0 Å². The van der Waals surface area contributed by atoms with Crippen LogP contribution in [0.5, 0.6) is 0 Å². The minimum atomic E-state index is -0.415. The van der Waals surface area contributed by atoms with E-state index in [1.165, 1.54) is 0 Å². The third-order valence-corrected chi connectivity index (χ3v) is 2.34. The molecule has 0 saturated carbocycles. The van der Waals surface area contributed by atoms with Gasteiger partial charge in [-0.25, -0.2) is 0 Å². The van der Waals surface area contributed by atoms with Gasteiger partial charge in [0.05, 0.1) is 11.7 Å². The van der Waals surface area contributed by atoms with Crippen LogP contribution in [0.25, 0.3) is 0 Å². The van der Waals surface area contributed by atoms with Crippen LogP contribution in [0.1, 0.15) is 24.6 Å². The molecule has 3 N–H and O–H groups in total. The fourth-order valence-corrected chi connectivity index (χ4v) is 1.32. The standard InChI is InChI=1S/C10H18N4O/c1-4-9(11)10(15)12-5-8-6-14(3)13-7(8)2/h6,9H,4-5,11H2,1-3H3,(H,12,15)/t9-/m1/s1. The summed E-state index contributed by atoms with van der Waals surface area (Å²) in [5, 5.41) is 6.97. The van der Waals surface area contributed by atoms with Crippen LogP contribution in [0.3, 0.4) is 0 Å². The van der Waals surface area contributed by atoms with Crippen LogP contribution in [0.4, 0.5) is 0 Å². The van der Waals surface area contributed by atoms with Crippen LogP contribution in [0.2, 0.25) is 0 Å². The van der Waals surface area contributed by atoms with Gasteiger partial charge in [-0.15, -0.1) is 0 Å². The molecule has 0 saturated heterocycles. The van der Waals surface area contributed by atoms with Crippen molar-refractivity contribution in [2.75, 3.05) is 0 Å². The summed E-state index contributed by atoms with van der Waals surface area (Å²) in [5.41, 5.74) is 7.55. The summed E-state index contributed by atoms with van der Waals surface area (Å²) in [6.45, 7) is 4.30. The molecule has 0 aromatic carbocycles. The second-order valence-corrected chi connectivity index (χ2v) is 3.65. The predicted octanol–water partition coefficient (Wildman–Crippen LogP) is 0.0820. The molecule has 0 unspecified atom stereocenters. The molecule has 1 amide bonds. The number of carbonyl (C=O) groups is 1. The fourth-order valence-electron chi connectivity index (χ4n) is 1.32. The SMILES string of the molecule is CC[C@@H](N)C(=O)NCc1cn(C)nc1C. The van der Waals surface area contributed by atoms with E-state index >= 15 is 0 Å². The van der Waals surface area contributed by atoms with Crippen molar-refractivity contribution >= 4 is 5.91 Å². The fraction of sp³-hybridized carbons (Fsp3) is 0.600. The van der Waals surface area contributed by atoms with Gasteiger partial charge in [0, 0.05) is 25.4 Å². The molecular weight excluding hydrogens is 192 g/mol. The molecule has 84 valence electrons. The summed E-state index contributed by atoms with van der Waals surface area (Å²) < 4.78 is 1.73. The second-order valence-electron chi connectivity index (χ2n) is 3.65. The zero-order chi connectivity index (χ0) is 11.4. The lowest BCUT2D eigenvalue weighted by Gasteiger charge is -2.09. The number of nitrogens with one attached hydrogen (secondary N) is 1. The number of nitrogens with zero attached hydrogens (tertiary/aromatic N) is 2. The summed E-state index contributed by atoms with van der Waals surface area (Å²) in [6.07, 6.45) is 2.55. The van der Waals surface area contributed by atoms with Crippen LogP contribution in [-0.4, -0.2) is 21.7 Å². The normalized spacial score (nSPS) is 12.5. The highest BCUT2D eigenvalue weighted by molar-refractivity contribution is 5.81. The van der Waals surface area contributed by atoms with Crippen LogP contribution in [-0.2, 0) is 18.4 Å². The molecule has 1 rings (SSSR count). The quantitative estimate of drug-likeness (QED) is 0.739. The van der Waals surface area contributed by atoms with E-state index in [2.05, 4.69) is 10.4 Å². The maximum Gasteiger partial charge on any atom is 0.237 e. The summed E-state index contributed by atoms with van der Waals surface area (Å²) >= 11 is 0. The van der Waals surface area contributed by atoms with Gasteiger partial charge in [0.25, 0.3) is 0 Å². The Morgan fingerprint density at radius 1 is 1.73 bits per heavy atom. The first-order valence-corrected chi connectivity index (χ1v) is 5.07. The van der Waals surface area contributed by atoms with E-state index in [0.717, 1.165) is 11.3 Å². The van der Waals surface area contributed by atoms with Gasteiger partial charge >= 0.3 is 0 Å². The molecule has 0 radical (unpaired) electrons. The molecular formula is C10H18N4O. The van der Waals surface area contributed by atoms with E-state index in [9.17, 15) is 4.79 Å².